The lowest BCUT2D eigenvalue weighted by Crippen LogP contribution is -2.51. The molecule has 1 unspecified atom stereocenters. The van der Waals surface area contributed by atoms with Gasteiger partial charge in [-0.3, -0.25) is 4.79 Å². The average Bonchev–Trinajstić information content (AvgIpc) is 3.28. The van der Waals surface area contributed by atoms with Crippen LogP contribution in [-0.2, 0) is 11.2 Å². The largest absolute Gasteiger partial charge is 0.367 e. The van der Waals surface area contributed by atoms with Crippen molar-refractivity contribution >= 4 is 34.2 Å². The number of aromatic nitrogens is 2. The molecular formula is C28H30ClN5O. The number of nitrogens with zero attached hydrogens (tertiary/aromatic N) is 3. The SMILES string of the molecule is Cc1c[nH]c2ncc(-c3ccccc3)c(N3CCN(C(=O)C(CN)Cc4ccc(Cl)cc4)CC3)c12. The van der Waals surface area contributed by atoms with Crippen molar-refractivity contribution < 1.29 is 4.79 Å². The van der Waals surface area contributed by atoms with Crippen molar-refractivity contribution in [3.63, 3.8) is 0 Å². The van der Waals surface area contributed by atoms with E-state index < -0.39 is 0 Å². The molecule has 1 atom stereocenters. The number of hydrogen-bond acceptors (Lipinski definition) is 4. The lowest BCUT2D eigenvalue weighted by molar-refractivity contribution is -0.135. The van der Waals surface area contributed by atoms with Gasteiger partial charge in [0.05, 0.1) is 11.6 Å². The van der Waals surface area contributed by atoms with Gasteiger partial charge in [0.25, 0.3) is 0 Å². The number of H-pyrrole nitrogens is 1. The van der Waals surface area contributed by atoms with Crippen molar-refractivity contribution in [1.29, 1.82) is 0 Å². The maximum atomic E-state index is 13.3. The topological polar surface area (TPSA) is 78.2 Å². The number of aryl methyl sites for hydroxylation is 1. The minimum absolute atomic E-state index is 0.128. The van der Waals surface area contributed by atoms with Crippen molar-refractivity contribution in [3.05, 3.63) is 83.1 Å². The van der Waals surface area contributed by atoms with Gasteiger partial charge in [-0.25, -0.2) is 4.98 Å². The second-order valence-corrected chi connectivity index (χ2v) is 9.59. The third kappa shape index (κ3) is 4.77. The number of pyridine rings is 1. The summed E-state index contributed by atoms with van der Waals surface area (Å²) in [5.41, 5.74) is 12.6. The molecule has 35 heavy (non-hydrogen) atoms. The summed E-state index contributed by atoms with van der Waals surface area (Å²) in [5.74, 6) is -0.106. The zero-order valence-electron chi connectivity index (χ0n) is 19.9. The lowest BCUT2D eigenvalue weighted by Gasteiger charge is -2.38. The van der Waals surface area contributed by atoms with E-state index in [1.807, 2.05) is 47.6 Å². The molecule has 0 radical (unpaired) electrons. The fourth-order valence-corrected chi connectivity index (χ4v) is 5.10. The zero-order chi connectivity index (χ0) is 24.4. The molecule has 0 aliphatic carbocycles. The van der Waals surface area contributed by atoms with Crippen molar-refractivity contribution in [2.24, 2.45) is 11.7 Å². The van der Waals surface area contributed by atoms with Crippen LogP contribution < -0.4 is 10.6 Å². The Morgan fingerprint density at radius 1 is 1.09 bits per heavy atom. The van der Waals surface area contributed by atoms with Crippen LogP contribution >= 0.6 is 11.6 Å². The average molecular weight is 488 g/mol. The maximum absolute atomic E-state index is 13.3. The summed E-state index contributed by atoms with van der Waals surface area (Å²) in [6, 6.07) is 18.0. The summed E-state index contributed by atoms with van der Waals surface area (Å²) in [6.07, 6.45) is 4.59. The standard InChI is InChI=1S/C28H30ClN5O/c1-19-17-31-27-25(19)26(24(18-32-27)21-5-3-2-4-6-21)33-11-13-34(14-12-33)28(35)22(16-30)15-20-7-9-23(29)10-8-20/h2-10,17-18,22H,11-16,30H2,1H3,(H,31,32). The molecule has 0 bridgehead atoms. The van der Waals surface area contributed by atoms with Gasteiger partial charge >= 0.3 is 0 Å². The first kappa shape index (κ1) is 23.4. The van der Waals surface area contributed by atoms with Crippen LogP contribution in [0.15, 0.2) is 67.0 Å². The fraction of sp³-hybridized carbons (Fsp3) is 0.286. The van der Waals surface area contributed by atoms with E-state index in [2.05, 4.69) is 46.1 Å². The van der Waals surface area contributed by atoms with Gasteiger partial charge in [0.2, 0.25) is 5.91 Å². The van der Waals surface area contributed by atoms with Gasteiger partial charge in [0.15, 0.2) is 0 Å². The van der Waals surface area contributed by atoms with Crippen LogP contribution in [0.1, 0.15) is 11.1 Å². The Kier molecular flexibility index (Phi) is 6.75. The molecule has 6 nitrogen and oxygen atoms in total. The third-order valence-corrected chi connectivity index (χ3v) is 7.14. The van der Waals surface area contributed by atoms with Crippen LogP contribution in [0.4, 0.5) is 5.69 Å². The first-order valence-electron chi connectivity index (χ1n) is 12.1. The summed E-state index contributed by atoms with van der Waals surface area (Å²) in [7, 11) is 0. The minimum atomic E-state index is -0.234. The Labute approximate surface area is 210 Å². The van der Waals surface area contributed by atoms with Crippen LogP contribution in [0.25, 0.3) is 22.2 Å². The molecule has 4 aromatic rings. The molecule has 180 valence electrons. The zero-order valence-corrected chi connectivity index (χ0v) is 20.6. The van der Waals surface area contributed by atoms with Crippen LogP contribution in [0, 0.1) is 12.8 Å². The number of aromatic amines is 1. The van der Waals surface area contributed by atoms with Crippen molar-refractivity contribution in [1.82, 2.24) is 14.9 Å². The third-order valence-electron chi connectivity index (χ3n) is 6.89. The molecule has 1 fully saturated rings. The minimum Gasteiger partial charge on any atom is -0.367 e. The first-order valence-corrected chi connectivity index (χ1v) is 12.4. The van der Waals surface area contributed by atoms with Crippen molar-refractivity contribution in [2.75, 3.05) is 37.6 Å². The quantitative estimate of drug-likeness (QED) is 0.414. The number of nitrogens with one attached hydrogen (secondary N) is 1. The highest BCUT2D eigenvalue weighted by atomic mass is 35.5. The number of carbonyl (C=O) groups is 1. The monoisotopic (exact) mass is 487 g/mol. The molecule has 0 saturated carbocycles. The highest BCUT2D eigenvalue weighted by Crippen LogP contribution is 2.38. The van der Waals surface area contributed by atoms with E-state index in [4.69, 9.17) is 17.3 Å². The summed E-state index contributed by atoms with van der Waals surface area (Å²) >= 11 is 6.01. The Morgan fingerprint density at radius 3 is 2.49 bits per heavy atom. The molecule has 5 rings (SSSR count). The van der Waals surface area contributed by atoms with Crippen LogP contribution in [0.3, 0.4) is 0 Å². The molecule has 3 N–H and O–H groups in total. The smallest absolute Gasteiger partial charge is 0.227 e. The summed E-state index contributed by atoms with van der Waals surface area (Å²) < 4.78 is 0. The van der Waals surface area contributed by atoms with E-state index in [1.54, 1.807) is 0 Å². The van der Waals surface area contributed by atoms with Crippen molar-refractivity contribution in [3.8, 4) is 11.1 Å². The molecule has 2 aromatic heterocycles. The van der Waals surface area contributed by atoms with E-state index >= 15 is 0 Å². The number of piperazine rings is 1. The predicted molar refractivity (Wildman–Crippen MR) is 143 cm³/mol. The second-order valence-electron chi connectivity index (χ2n) is 9.16. The number of amides is 1. The number of fused-ring (bicyclic) bond motifs is 1. The maximum Gasteiger partial charge on any atom is 0.227 e. The number of rotatable bonds is 6. The molecule has 1 saturated heterocycles. The van der Waals surface area contributed by atoms with Gasteiger partial charge in [0.1, 0.15) is 5.65 Å². The van der Waals surface area contributed by atoms with E-state index in [-0.39, 0.29) is 11.8 Å². The van der Waals surface area contributed by atoms with Gasteiger partial charge in [-0.05, 0) is 42.2 Å². The number of anilines is 1. The second kappa shape index (κ2) is 10.1. The summed E-state index contributed by atoms with van der Waals surface area (Å²) in [6.45, 7) is 5.28. The number of nitrogens with two attached hydrogens (primary N) is 1. The van der Waals surface area contributed by atoms with E-state index in [0.29, 0.717) is 31.1 Å². The summed E-state index contributed by atoms with van der Waals surface area (Å²) in [4.78, 5) is 25.7. The van der Waals surface area contributed by atoms with Gasteiger partial charge in [-0.2, -0.15) is 0 Å². The Morgan fingerprint density at radius 2 is 1.80 bits per heavy atom. The number of carbonyl (C=O) groups excluding carboxylic acids is 1. The molecule has 7 heteroatoms. The highest BCUT2D eigenvalue weighted by Gasteiger charge is 2.29. The van der Waals surface area contributed by atoms with Gasteiger partial charge in [-0.15, -0.1) is 0 Å². The molecule has 1 amide bonds. The van der Waals surface area contributed by atoms with Gasteiger partial charge < -0.3 is 20.5 Å². The first-order chi connectivity index (χ1) is 17.0. The normalized spacial score (nSPS) is 14.9. The van der Waals surface area contributed by atoms with Gasteiger partial charge in [0, 0.05) is 61.1 Å². The number of hydrogen-bond donors (Lipinski definition) is 2. The van der Waals surface area contributed by atoms with Gasteiger partial charge in [-0.1, -0.05) is 54.1 Å². The molecular weight excluding hydrogens is 458 g/mol. The molecule has 1 aliphatic heterocycles. The Bertz CT molecular complexity index is 1310. The van der Waals surface area contributed by atoms with Crippen LogP contribution in [-0.4, -0.2) is 53.5 Å². The van der Waals surface area contributed by atoms with Crippen LogP contribution in [0.2, 0.25) is 5.02 Å². The number of benzene rings is 2. The lowest BCUT2D eigenvalue weighted by atomic mass is 9.97. The van der Waals surface area contributed by atoms with E-state index in [1.165, 1.54) is 11.3 Å². The number of halogens is 1. The molecule has 2 aromatic carbocycles. The predicted octanol–water partition coefficient (Wildman–Crippen LogP) is 4.66. The molecule has 3 heterocycles. The Balaban J connectivity index is 1.36. The van der Waals surface area contributed by atoms with Crippen LogP contribution in [0.5, 0.6) is 0 Å². The molecule has 1 aliphatic rings. The summed E-state index contributed by atoms with van der Waals surface area (Å²) in [5, 5.41) is 1.84. The molecule has 0 spiro atoms. The fourth-order valence-electron chi connectivity index (χ4n) is 4.98. The van der Waals surface area contributed by atoms with E-state index in [9.17, 15) is 4.79 Å². The van der Waals surface area contributed by atoms with Crippen molar-refractivity contribution in [2.45, 2.75) is 13.3 Å². The van der Waals surface area contributed by atoms with E-state index in [0.717, 1.165) is 40.8 Å². The highest BCUT2D eigenvalue weighted by molar-refractivity contribution is 6.30. The Hall–Kier alpha value is -3.35.